The summed E-state index contributed by atoms with van der Waals surface area (Å²) < 4.78 is 36.9. The lowest BCUT2D eigenvalue weighted by molar-refractivity contribution is 0.0638. The topological polar surface area (TPSA) is 35.5 Å². The maximum atomic E-state index is 13.6. The highest BCUT2D eigenvalue weighted by molar-refractivity contribution is 5.96. The second-order valence-electron chi connectivity index (χ2n) is 3.83. The van der Waals surface area contributed by atoms with Crippen molar-refractivity contribution in [1.82, 2.24) is 0 Å². The number of aryl methyl sites for hydroxylation is 1. The molecule has 100 valence electrons. The predicted octanol–water partition coefficient (Wildman–Crippen LogP) is 2.51. The molecule has 0 aliphatic rings. The van der Waals surface area contributed by atoms with Crippen LogP contribution in [0.5, 0.6) is 0 Å². The summed E-state index contributed by atoms with van der Waals surface area (Å²) in [5.74, 6) is -2.22. The first-order valence-electron chi connectivity index (χ1n) is 5.62. The van der Waals surface area contributed by atoms with Gasteiger partial charge in [-0.15, -0.1) is 0 Å². The van der Waals surface area contributed by atoms with E-state index in [-0.39, 0.29) is 18.6 Å². The van der Waals surface area contributed by atoms with Gasteiger partial charge in [0, 0.05) is 13.5 Å². The van der Waals surface area contributed by atoms with E-state index >= 15 is 0 Å². The zero-order chi connectivity index (χ0) is 13.5. The van der Waals surface area contributed by atoms with Gasteiger partial charge in [-0.05, 0) is 18.6 Å². The van der Waals surface area contributed by atoms with Crippen molar-refractivity contribution in [2.24, 2.45) is 0 Å². The SMILES string of the molecule is COCCOCCC(=O)c1c(F)ccc(C)c1F. The van der Waals surface area contributed by atoms with Crippen molar-refractivity contribution in [1.29, 1.82) is 0 Å². The molecule has 0 saturated heterocycles. The molecular weight excluding hydrogens is 242 g/mol. The van der Waals surface area contributed by atoms with Gasteiger partial charge in [-0.25, -0.2) is 8.78 Å². The number of Topliss-reactive ketones (excluding diaryl/α,β-unsaturated/α-hetero) is 1. The molecule has 0 fully saturated rings. The number of halogens is 2. The normalized spacial score (nSPS) is 10.7. The molecule has 3 nitrogen and oxygen atoms in total. The summed E-state index contributed by atoms with van der Waals surface area (Å²) in [4.78, 5) is 11.7. The van der Waals surface area contributed by atoms with Gasteiger partial charge in [0.2, 0.25) is 0 Å². The first-order valence-corrected chi connectivity index (χ1v) is 5.62. The standard InChI is InChI=1S/C13H16F2O3/c1-9-3-4-10(14)12(13(9)15)11(16)5-6-18-8-7-17-2/h3-4H,5-8H2,1-2H3. The van der Waals surface area contributed by atoms with Crippen LogP contribution >= 0.6 is 0 Å². The Bertz CT molecular complexity index is 419. The predicted molar refractivity (Wildman–Crippen MR) is 62.7 cm³/mol. The number of carbonyl (C=O) groups excluding carboxylic acids is 1. The minimum Gasteiger partial charge on any atom is -0.382 e. The van der Waals surface area contributed by atoms with E-state index in [1.54, 1.807) is 0 Å². The molecule has 0 amide bonds. The molecular formula is C13H16F2O3. The Morgan fingerprint density at radius 3 is 2.61 bits per heavy atom. The molecule has 0 N–H and O–H groups in total. The van der Waals surface area contributed by atoms with Crippen LogP contribution in [0.2, 0.25) is 0 Å². The lowest BCUT2D eigenvalue weighted by atomic mass is 10.0. The third-order valence-corrected chi connectivity index (χ3v) is 2.47. The summed E-state index contributed by atoms with van der Waals surface area (Å²) in [5.41, 5.74) is -0.231. The van der Waals surface area contributed by atoms with E-state index in [0.717, 1.165) is 6.07 Å². The molecule has 1 aromatic rings. The Morgan fingerprint density at radius 2 is 1.94 bits per heavy atom. The molecule has 0 aromatic heterocycles. The molecule has 0 aliphatic heterocycles. The fourth-order valence-corrected chi connectivity index (χ4v) is 1.45. The number of hydrogen-bond acceptors (Lipinski definition) is 3. The molecule has 1 aromatic carbocycles. The molecule has 0 aliphatic carbocycles. The van der Waals surface area contributed by atoms with Crippen LogP contribution in [0.25, 0.3) is 0 Å². The van der Waals surface area contributed by atoms with Crippen LogP contribution in [-0.2, 0) is 9.47 Å². The lowest BCUT2D eigenvalue weighted by Crippen LogP contribution is -2.11. The van der Waals surface area contributed by atoms with E-state index in [0.29, 0.717) is 13.2 Å². The second-order valence-corrected chi connectivity index (χ2v) is 3.83. The van der Waals surface area contributed by atoms with Gasteiger partial charge in [-0.1, -0.05) is 6.07 Å². The highest BCUT2D eigenvalue weighted by atomic mass is 19.1. The van der Waals surface area contributed by atoms with E-state index in [4.69, 9.17) is 9.47 Å². The van der Waals surface area contributed by atoms with Gasteiger partial charge in [0.05, 0.1) is 25.4 Å². The van der Waals surface area contributed by atoms with E-state index in [1.807, 2.05) is 0 Å². The van der Waals surface area contributed by atoms with Gasteiger partial charge in [-0.3, -0.25) is 4.79 Å². The van der Waals surface area contributed by atoms with Crippen LogP contribution in [0, 0.1) is 18.6 Å². The maximum Gasteiger partial charge on any atom is 0.171 e. The summed E-state index contributed by atoms with van der Waals surface area (Å²) in [7, 11) is 1.53. The van der Waals surface area contributed by atoms with Crippen LogP contribution in [-0.4, -0.2) is 32.7 Å². The number of methoxy groups -OCH3 is 1. The fourth-order valence-electron chi connectivity index (χ4n) is 1.45. The third-order valence-electron chi connectivity index (χ3n) is 2.47. The summed E-state index contributed by atoms with van der Waals surface area (Å²) in [6.45, 7) is 2.37. The molecule has 5 heteroatoms. The van der Waals surface area contributed by atoms with Crippen molar-refractivity contribution in [3.05, 3.63) is 34.9 Å². The van der Waals surface area contributed by atoms with Gasteiger partial charge in [-0.2, -0.15) is 0 Å². The number of hydrogen-bond donors (Lipinski definition) is 0. The van der Waals surface area contributed by atoms with Crippen molar-refractivity contribution in [3.8, 4) is 0 Å². The van der Waals surface area contributed by atoms with Crippen molar-refractivity contribution < 1.29 is 23.0 Å². The Kier molecular flexibility index (Phi) is 5.88. The largest absolute Gasteiger partial charge is 0.382 e. The molecule has 0 heterocycles. The highest BCUT2D eigenvalue weighted by Crippen LogP contribution is 2.17. The maximum absolute atomic E-state index is 13.6. The summed E-state index contributed by atoms with van der Waals surface area (Å²) in [6.07, 6.45) is -0.0546. The van der Waals surface area contributed by atoms with Gasteiger partial charge < -0.3 is 9.47 Å². The van der Waals surface area contributed by atoms with E-state index in [2.05, 4.69) is 0 Å². The van der Waals surface area contributed by atoms with Gasteiger partial charge in [0.25, 0.3) is 0 Å². The third kappa shape index (κ3) is 3.85. The Morgan fingerprint density at radius 1 is 1.22 bits per heavy atom. The van der Waals surface area contributed by atoms with E-state index in [1.165, 1.54) is 20.1 Å². The molecule has 0 spiro atoms. The van der Waals surface area contributed by atoms with Crippen LogP contribution in [0.4, 0.5) is 8.78 Å². The lowest BCUT2D eigenvalue weighted by Gasteiger charge is -2.07. The molecule has 18 heavy (non-hydrogen) atoms. The molecule has 0 bridgehead atoms. The Hall–Kier alpha value is -1.33. The van der Waals surface area contributed by atoms with Crippen LogP contribution in [0.15, 0.2) is 12.1 Å². The van der Waals surface area contributed by atoms with E-state index < -0.39 is 23.0 Å². The Balaban J connectivity index is 2.59. The summed E-state index contributed by atoms with van der Waals surface area (Å²) >= 11 is 0. The van der Waals surface area contributed by atoms with Gasteiger partial charge in [0.1, 0.15) is 11.6 Å². The number of ketones is 1. The molecule has 0 saturated carbocycles. The fraction of sp³-hybridized carbons (Fsp3) is 0.462. The zero-order valence-electron chi connectivity index (χ0n) is 10.5. The summed E-state index contributed by atoms with van der Waals surface area (Å²) in [6, 6.07) is 2.40. The smallest absolute Gasteiger partial charge is 0.171 e. The van der Waals surface area contributed by atoms with Gasteiger partial charge in [0.15, 0.2) is 5.78 Å². The number of benzene rings is 1. The first-order chi connectivity index (χ1) is 8.57. The van der Waals surface area contributed by atoms with E-state index in [9.17, 15) is 13.6 Å². The van der Waals surface area contributed by atoms with Crippen LogP contribution < -0.4 is 0 Å². The van der Waals surface area contributed by atoms with Crippen molar-refractivity contribution in [3.63, 3.8) is 0 Å². The molecule has 1 rings (SSSR count). The Labute approximate surface area is 105 Å². The average Bonchev–Trinajstić information content (AvgIpc) is 2.34. The zero-order valence-corrected chi connectivity index (χ0v) is 10.5. The first kappa shape index (κ1) is 14.7. The number of rotatable bonds is 7. The molecule has 0 atom stereocenters. The highest BCUT2D eigenvalue weighted by Gasteiger charge is 2.18. The summed E-state index contributed by atoms with van der Waals surface area (Å²) in [5, 5.41) is 0. The van der Waals surface area contributed by atoms with Crippen molar-refractivity contribution >= 4 is 5.78 Å². The van der Waals surface area contributed by atoms with Gasteiger partial charge >= 0.3 is 0 Å². The molecule has 0 radical (unpaired) electrons. The number of carbonyl (C=O) groups is 1. The second kappa shape index (κ2) is 7.18. The molecule has 0 unspecified atom stereocenters. The van der Waals surface area contributed by atoms with Crippen molar-refractivity contribution in [2.45, 2.75) is 13.3 Å². The minimum absolute atomic E-state index is 0.0546. The average molecular weight is 258 g/mol. The van der Waals surface area contributed by atoms with Crippen LogP contribution in [0.3, 0.4) is 0 Å². The quantitative estimate of drug-likeness (QED) is 0.557. The van der Waals surface area contributed by atoms with Crippen LogP contribution in [0.1, 0.15) is 22.3 Å². The minimum atomic E-state index is -0.833. The van der Waals surface area contributed by atoms with Crippen molar-refractivity contribution in [2.75, 3.05) is 26.9 Å². The monoisotopic (exact) mass is 258 g/mol. The number of ether oxygens (including phenoxy) is 2.